The maximum atomic E-state index is 11.7. The van der Waals surface area contributed by atoms with Gasteiger partial charge in [0.05, 0.1) is 0 Å². The average molecular weight is 246 g/mol. The molecule has 5 heteroatoms. The molecule has 0 aliphatic carbocycles. The van der Waals surface area contributed by atoms with Crippen molar-refractivity contribution in [2.75, 3.05) is 0 Å². The van der Waals surface area contributed by atoms with Crippen molar-refractivity contribution >= 4 is 5.97 Å². The predicted molar refractivity (Wildman–Crippen MR) is 62.8 cm³/mol. The van der Waals surface area contributed by atoms with Crippen molar-refractivity contribution in [1.29, 1.82) is 0 Å². The minimum Gasteiger partial charge on any atom is -0.508 e. The van der Waals surface area contributed by atoms with Gasteiger partial charge >= 0.3 is 5.97 Å². The number of esters is 1. The molecule has 2 rings (SSSR count). The molecular weight excluding hydrogens is 236 g/mol. The van der Waals surface area contributed by atoms with Gasteiger partial charge in [0.1, 0.15) is 28.6 Å². The summed E-state index contributed by atoms with van der Waals surface area (Å²) in [7, 11) is 0. The summed E-state index contributed by atoms with van der Waals surface area (Å²) >= 11 is 0. The molecule has 0 aliphatic rings. The first-order valence-corrected chi connectivity index (χ1v) is 5.09. The molecule has 0 aliphatic heterocycles. The van der Waals surface area contributed by atoms with Gasteiger partial charge < -0.3 is 20.1 Å². The van der Waals surface area contributed by atoms with E-state index >= 15 is 0 Å². The Kier molecular flexibility index (Phi) is 3.05. The van der Waals surface area contributed by atoms with Gasteiger partial charge in [0.25, 0.3) is 0 Å². The monoisotopic (exact) mass is 246 g/mol. The van der Waals surface area contributed by atoms with E-state index in [-0.39, 0.29) is 28.6 Å². The lowest BCUT2D eigenvalue weighted by Gasteiger charge is -2.06. The van der Waals surface area contributed by atoms with Gasteiger partial charge in [0, 0.05) is 6.07 Å². The Balaban J connectivity index is 2.19. The highest BCUT2D eigenvalue weighted by Gasteiger charge is 2.14. The van der Waals surface area contributed by atoms with E-state index < -0.39 is 5.97 Å². The maximum Gasteiger partial charge on any atom is 0.347 e. The molecule has 0 radical (unpaired) electrons. The van der Waals surface area contributed by atoms with Gasteiger partial charge in [0.15, 0.2) is 0 Å². The number of carbonyl (C=O) groups excluding carboxylic acids is 1. The Morgan fingerprint density at radius 1 is 0.889 bits per heavy atom. The van der Waals surface area contributed by atoms with Gasteiger partial charge in [-0.15, -0.1) is 0 Å². The quantitative estimate of drug-likeness (QED) is 0.557. The van der Waals surface area contributed by atoms with Gasteiger partial charge in [-0.3, -0.25) is 0 Å². The number of aromatic hydroxyl groups is 3. The van der Waals surface area contributed by atoms with Crippen molar-refractivity contribution < 1.29 is 24.9 Å². The summed E-state index contributed by atoms with van der Waals surface area (Å²) in [6, 6.07) is 9.17. The molecule has 0 heterocycles. The number of benzene rings is 2. The zero-order valence-corrected chi connectivity index (χ0v) is 9.20. The molecule has 0 fully saturated rings. The smallest absolute Gasteiger partial charge is 0.347 e. The lowest BCUT2D eigenvalue weighted by molar-refractivity contribution is 0.0731. The van der Waals surface area contributed by atoms with E-state index in [4.69, 9.17) is 14.9 Å². The summed E-state index contributed by atoms with van der Waals surface area (Å²) in [6.07, 6.45) is 0. The second-order valence-corrected chi connectivity index (χ2v) is 3.58. The summed E-state index contributed by atoms with van der Waals surface area (Å²) in [4.78, 5) is 11.7. The van der Waals surface area contributed by atoms with E-state index in [1.54, 1.807) is 0 Å². The largest absolute Gasteiger partial charge is 0.508 e. The molecule has 0 bridgehead atoms. The molecule has 0 atom stereocenters. The lowest BCUT2D eigenvalue weighted by Crippen LogP contribution is -2.08. The van der Waals surface area contributed by atoms with Crippen LogP contribution in [0.25, 0.3) is 0 Å². The first kappa shape index (κ1) is 11.8. The first-order valence-electron chi connectivity index (χ1n) is 5.09. The van der Waals surface area contributed by atoms with Gasteiger partial charge in [-0.25, -0.2) is 4.79 Å². The molecule has 0 saturated carbocycles. The zero-order chi connectivity index (χ0) is 13.1. The summed E-state index contributed by atoms with van der Waals surface area (Å²) in [5.41, 5.74) is -0.0547. The van der Waals surface area contributed by atoms with Gasteiger partial charge in [-0.2, -0.15) is 0 Å². The van der Waals surface area contributed by atoms with Crippen molar-refractivity contribution in [3.8, 4) is 23.0 Å². The molecule has 2 aromatic rings. The van der Waals surface area contributed by atoms with Crippen LogP contribution in [0.15, 0.2) is 42.5 Å². The van der Waals surface area contributed by atoms with Crippen molar-refractivity contribution in [2.24, 2.45) is 0 Å². The fourth-order valence-electron chi connectivity index (χ4n) is 1.37. The number of rotatable bonds is 2. The third-order valence-electron chi connectivity index (χ3n) is 2.25. The fourth-order valence-corrected chi connectivity index (χ4v) is 1.37. The molecule has 92 valence electrons. The molecule has 2 aromatic carbocycles. The fraction of sp³-hybridized carbons (Fsp3) is 0. The Morgan fingerprint density at radius 2 is 1.50 bits per heavy atom. The first-order chi connectivity index (χ1) is 8.56. The van der Waals surface area contributed by atoms with Crippen LogP contribution in [-0.4, -0.2) is 21.3 Å². The summed E-state index contributed by atoms with van der Waals surface area (Å²) in [5.74, 6) is -0.960. The maximum absolute atomic E-state index is 11.7. The van der Waals surface area contributed by atoms with Crippen molar-refractivity contribution in [1.82, 2.24) is 0 Å². The van der Waals surface area contributed by atoms with Crippen LogP contribution in [0.1, 0.15) is 10.4 Å². The second kappa shape index (κ2) is 4.67. The van der Waals surface area contributed by atoms with E-state index in [1.807, 2.05) is 0 Å². The van der Waals surface area contributed by atoms with Crippen LogP contribution in [0.3, 0.4) is 0 Å². The molecule has 18 heavy (non-hydrogen) atoms. The highest BCUT2D eigenvalue weighted by Crippen LogP contribution is 2.24. The van der Waals surface area contributed by atoms with Crippen LogP contribution in [0.2, 0.25) is 0 Å². The third-order valence-corrected chi connectivity index (χ3v) is 2.25. The number of hydrogen-bond donors (Lipinski definition) is 3. The highest BCUT2D eigenvalue weighted by molar-refractivity contribution is 5.94. The molecule has 0 aromatic heterocycles. The highest BCUT2D eigenvalue weighted by atomic mass is 16.5. The van der Waals surface area contributed by atoms with Gasteiger partial charge in [-0.05, 0) is 36.4 Å². The van der Waals surface area contributed by atoms with Gasteiger partial charge in [0.2, 0.25) is 0 Å². The lowest BCUT2D eigenvalue weighted by atomic mass is 10.2. The molecule has 5 nitrogen and oxygen atoms in total. The van der Waals surface area contributed by atoms with Crippen LogP contribution >= 0.6 is 0 Å². The Labute approximate surface area is 103 Å². The molecule has 0 amide bonds. The van der Waals surface area contributed by atoms with Crippen LogP contribution in [0, 0.1) is 0 Å². The Hall–Kier alpha value is -2.69. The topological polar surface area (TPSA) is 87.0 Å². The van der Waals surface area contributed by atoms with Crippen LogP contribution < -0.4 is 4.74 Å². The molecule has 0 spiro atoms. The minimum atomic E-state index is -0.752. The van der Waals surface area contributed by atoms with Gasteiger partial charge in [-0.1, -0.05) is 0 Å². The number of hydrogen-bond acceptors (Lipinski definition) is 5. The molecule has 3 N–H and O–H groups in total. The minimum absolute atomic E-state index is 0.0547. The predicted octanol–water partition coefficient (Wildman–Crippen LogP) is 2.02. The summed E-state index contributed by atoms with van der Waals surface area (Å²) < 4.78 is 4.98. The van der Waals surface area contributed by atoms with Crippen molar-refractivity contribution in [3.63, 3.8) is 0 Å². The summed E-state index contributed by atoms with van der Waals surface area (Å²) in [6.45, 7) is 0. The van der Waals surface area contributed by atoms with E-state index in [0.29, 0.717) is 0 Å². The second-order valence-electron chi connectivity index (χ2n) is 3.58. The number of phenols is 3. The zero-order valence-electron chi connectivity index (χ0n) is 9.20. The van der Waals surface area contributed by atoms with E-state index in [0.717, 1.165) is 6.07 Å². The van der Waals surface area contributed by atoms with Crippen molar-refractivity contribution in [2.45, 2.75) is 0 Å². The van der Waals surface area contributed by atoms with E-state index in [1.165, 1.54) is 36.4 Å². The number of phenolic OH excluding ortho intramolecular Hbond substituents is 3. The van der Waals surface area contributed by atoms with E-state index in [9.17, 15) is 9.90 Å². The number of carbonyl (C=O) groups is 1. The van der Waals surface area contributed by atoms with Crippen molar-refractivity contribution in [3.05, 3.63) is 48.0 Å². The summed E-state index contributed by atoms with van der Waals surface area (Å²) in [5, 5.41) is 27.7. The molecular formula is C13H10O5. The molecule has 0 unspecified atom stereocenters. The molecule has 0 saturated heterocycles. The Morgan fingerprint density at radius 3 is 2.11 bits per heavy atom. The number of ether oxygens (including phenoxy) is 1. The van der Waals surface area contributed by atoms with Crippen LogP contribution in [-0.2, 0) is 0 Å². The van der Waals surface area contributed by atoms with Crippen LogP contribution in [0.4, 0.5) is 0 Å². The van der Waals surface area contributed by atoms with E-state index in [2.05, 4.69) is 0 Å². The van der Waals surface area contributed by atoms with Crippen LogP contribution in [0.5, 0.6) is 23.0 Å². The third kappa shape index (κ3) is 2.52. The normalized spacial score (nSPS) is 10.0. The Bertz CT molecular complexity index is 574. The SMILES string of the molecule is O=C(Oc1ccc(O)cc1)c1ccc(O)cc1O. The standard InChI is InChI=1S/C13H10O5/c14-8-1-4-10(5-2-8)18-13(17)11-6-3-9(15)7-12(11)16/h1-7,14-16H. The average Bonchev–Trinajstić information content (AvgIpc) is 2.32.